The van der Waals surface area contributed by atoms with Crippen molar-refractivity contribution in [3.05, 3.63) is 48.4 Å². The highest BCUT2D eigenvalue weighted by Crippen LogP contribution is 2.25. The maximum atomic E-state index is 12.3. The summed E-state index contributed by atoms with van der Waals surface area (Å²) in [4.78, 5) is 7.77. The molecule has 5 heteroatoms. The second-order valence-corrected chi connectivity index (χ2v) is 7.22. The predicted octanol–water partition coefficient (Wildman–Crippen LogP) is 2.61. The minimum atomic E-state index is -3.55. The fourth-order valence-corrected chi connectivity index (χ4v) is 2.85. The topological polar surface area (TPSA) is 59.9 Å². The Hall–Kier alpha value is -1.75. The molecule has 0 amide bonds. The van der Waals surface area contributed by atoms with Gasteiger partial charge < -0.3 is 0 Å². The Morgan fingerprint density at radius 2 is 1.63 bits per heavy atom. The fourth-order valence-electron chi connectivity index (χ4n) is 1.69. The molecule has 100 valence electrons. The van der Waals surface area contributed by atoms with E-state index >= 15 is 0 Å². The summed E-state index contributed by atoms with van der Waals surface area (Å²) in [6, 6.07) is 8.32. The molecule has 1 heterocycles. The normalized spacial score (nSPS) is 12.4. The Bertz CT molecular complexity index is 657. The second kappa shape index (κ2) is 4.74. The fraction of sp³-hybridized carbons (Fsp3) is 0.286. The molecule has 1 aromatic carbocycles. The Morgan fingerprint density at radius 1 is 1.00 bits per heavy atom. The lowest BCUT2D eigenvalue weighted by Gasteiger charge is -2.19. The summed E-state index contributed by atoms with van der Waals surface area (Å²) in [5, 5.41) is 0.0195. The quantitative estimate of drug-likeness (QED) is 0.791. The van der Waals surface area contributed by atoms with Crippen molar-refractivity contribution < 1.29 is 8.42 Å². The number of aromatic nitrogens is 2. The first kappa shape index (κ1) is 13.7. The lowest BCUT2D eigenvalue weighted by atomic mass is 9.87. The average molecular weight is 276 g/mol. The van der Waals surface area contributed by atoms with Crippen LogP contribution in [0.2, 0.25) is 0 Å². The molecular formula is C14H16N2O2S. The molecule has 0 spiro atoms. The van der Waals surface area contributed by atoms with Gasteiger partial charge in [-0.15, -0.1) is 0 Å². The zero-order valence-corrected chi connectivity index (χ0v) is 12.0. The number of sulfone groups is 1. The van der Waals surface area contributed by atoms with Crippen LogP contribution in [0.15, 0.2) is 52.8 Å². The van der Waals surface area contributed by atoms with Gasteiger partial charge in [0.1, 0.15) is 6.33 Å². The lowest BCUT2D eigenvalue weighted by molar-refractivity contribution is 0.585. The summed E-state index contributed by atoms with van der Waals surface area (Å²) >= 11 is 0. The van der Waals surface area contributed by atoms with Crippen LogP contribution in [0.1, 0.15) is 26.3 Å². The highest BCUT2D eigenvalue weighted by atomic mass is 32.2. The molecule has 0 aliphatic rings. The molecule has 0 aliphatic carbocycles. The first-order valence-electron chi connectivity index (χ1n) is 5.93. The van der Waals surface area contributed by atoms with Crippen LogP contribution in [0.5, 0.6) is 0 Å². The van der Waals surface area contributed by atoms with Crippen LogP contribution in [-0.4, -0.2) is 18.4 Å². The average Bonchev–Trinajstić information content (AvgIpc) is 2.39. The van der Waals surface area contributed by atoms with E-state index in [0.29, 0.717) is 0 Å². The summed E-state index contributed by atoms with van der Waals surface area (Å²) in [7, 11) is -3.55. The van der Waals surface area contributed by atoms with Crippen molar-refractivity contribution in [1.29, 1.82) is 0 Å². The minimum Gasteiger partial charge on any atom is -0.245 e. The van der Waals surface area contributed by atoms with E-state index in [1.165, 1.54) is 18.6 Å². The summed E-state index contributed by atoms with van der Waals surface area (Å²) < 4.78 is 24.6. The molecule has 0 N–H and O–H groups in total. The molecule has 19 heavy (non-hydrogen) atoms. The van der Waals surface area contributed by atoms with Gasteiger partial charge >= 0.3 is 0 Å². The summed E-state index contributed by atoms with van der Waals surface area (Å²) in [5.41, 5.74) is 1.09. The molecule has 0 saturated carbocycles. The number of nitrogens with zero attached hydrogens (tertiary/aromatic N) is 2. The van der Waals surface area contributed by atoms with Gasteiger partial charge in [0.15, 0.2) is 5.03 Å². The van der Waals surface area contributed by atoms with Gasteiger partial charge in [-0.2, -0.15) is 0 Å². The van der Waals surface area contributed by atoms with Crippen LogP contribution >= 0.6 is 0 Å². The number of benzene rings is 1. The number of hydrogen-bond acceptors (Lipinski definition) is 4. The third-order valence-electron chi connectivity index (χ3n) is 2.86. The van der Waals surface area contributed by atoms with E-state index in [-0.39, 0.29) is 15.3 Å². The first-order chi connectivity index (χ1) is 8.82. The van der Waals surface area contributed by atoms with Gasteiger partial charge in [0.2, 0.25) is 9.84 Å². The van der Waals surface area contributed by atoms with Crippen molar-refractivity contribution in [2.24, 2.45) is 0 Å². The largest absolute Gasteiger partial charge is 0.245 e. The Morgan fingerprint density at radius 3 is 2.11 bits per heavy atom. The van der Waals surface area contributed by atoms with Gasteiger partial charge in [-0.1, -0.05) is 32.9 Å². The van der Waals surface area contributed by atoms with Gasteiger partial charge in [-0.3, -0.25) is 0 Å². The Balaban J connectivity index is 2.43. The van der Waals surface area contributed by atoms with Crippen molar-refractivity contribution in [3.8, 4) is 0 Å². The molecule has 0 saturated heterocycles. The van der Waals surface area contributed by atoms with E-state index in [1.807, 2.05) is 12.1 Å². The summed E-state index contributed by atoms with van der Waals surface area (Å²) in [6.45, 7) is 6.25. The molecule has 0 unspecified atom stereocenters. The SMILES string of the molecule is CC(C)(C)c1ccc(S(=O)(=O)c2ccncn2)cc1. The standard InChI is InChI=1S/C14H16N2O2S/c1-14(2,3)11-4-6-12(7-5-11)19(17,18)13-8-9-15-10-16-13/h4-10H,1-3H3. The van der Waals surface area contributed by atoms with Crippen molar-refractivity contribution in [1.82, 2.24) is 9.97 Å². The van der Waals surface area contributed by atoms with Crippen LogP contribution in [0, 0.1) is 0 Å². The van der Waals surface area contributed by atoms with E-state index in [9.17, 15) is 8.42 Å². The maximum absolute atomic E-state index is 12.3. The monoisotopic (exact) mass is 276 g/mol. The molecular weight excluding hydrogens is 260 g/mol. The van der Waals surface area contributed by atoms with Gasteiger partial charge in [0, 0.05) is 6.20 Å². The van der Waals surface area contributed by atoms with Crippen LogP contribution < -0.4 is 0 Å². The summed E-state index contributed by atoms with van der Waals surface area (Å²) in [5.74, 6) is 0. The van der Waals surface area contributed by atoms with E-state index < -0.39 is 9.84 Å². The lowest BCUT2D eigenvalue weighted by Crippen LogP contribution is -2.11. The third-order valence-corrected chi connectivity index (χ3v) is 4.55. The predicted molar refractivity (Wildman–Crippen MR) is 72.6 cm³/mol. The van der Waals surface area contributed by atoms with E-state index in [4.69, 9.17) is 0 Å². The van der Waals surface area contributed by atoms with Crippen LogP contribution in [0.4, 0.5) is 0 Å². The molecule has 0 bridgehead atoms. The van der Waals surface area contributed by atoms with E-state index in [2.05, 4.69) is 30.7 Å². The minimum absolute atomic E-state index is 0.00277. The van der Waals surface area contributed by atoms with Crippen molar-refractivity contribution in [2.45, 2.75) is 36.1 Å². The third kappa shape index (κ3) is 2.81. The first-order valence-corrected chi connectivity index (χ1v) is 7.42. The van der Waals surface area contributed by atoms with E-state index in [1.54, 1.807) is 12.1 Å². The van der Waals surface area contributed by atoms with Gasteiger partial charge in [-0.25, -0.2) is 18.4 Å². The van der Waals surface area contributed by atoms with Gasteiger partial charge in [0.05, 0.1) is 4.90 Å². The van der Waals surface area contributed by atoms with Crippen molar-refractivity contribution in [3.63, 3.8) is 0 Å². The molecule has 4 nitrogen and oxygen atoms in total. The highest BCUT2D eigenvalue weighted by Gasteiger charge is 2.20. The van der Waals surface area contributed by atoms with Crippen LogP contribution in [0.25, 0.3) is 0 Å². The van der Waals surface area contributed by atoms with Gasteiger partial charge in [0.25, 0.3) is 0 Å². The highest BCUT2D eigenvalue weighted by molar-refractivity contribution is 7.91. The van der Waals surface area contributed by atoms with E-state index in [0.717, 1.165) is 5.56 Å². The molecule has 2 rings (SSSR count). The second-order valence-electron chi connectivity index (χ2n) is 5.33. The molecule has 0 atom stereocenters. The van der Waals surface area contributed by atoms with Gasteiger partial charge in [-0.05, 0) is 29.2 Å². The maximum Gasteiger partial charge on any atom is 0.223 e. The smallest absolute Gasteiger partial charge is 0.223 e. The summed E-state index contributed by atoms with van der Waals surface area (Å²) in [6.07, 6.45) is 2.65. The number of rotatable bonds is 2. The molecule has 1 aromatic heterocycles. The zero-order valence-electron chi connectivity index (χ0n) is 11.2. The van der Waals surface area contributed by atoms with Crippen molar-refractivity contribution >= 4 is 9.84 Å². The van der Waals surface area contributed by atoms with Crippen LogP contribution in [-0.2, 0) is 15.3 Å². The zero-order chi connectivity index (χ0) is 14.1. The van der Waals surface area contributed by atoms with Crippen molar-refractivity contribution in [2.75, 3.05) is 0 Å². The molecule has 2 aromatic rings. The number of hydrogen-bond donors (Lipinski definition) is 0. The molecule has 0 aliphatic heterocycles. The Labute approximate surface area is 113 Å². The van der Waals surface area contributed by atoms with Crippen LogP contribution in [0.3, 0.4) is 0 Å². The molecule has 0 radical (unpaired) electrons. The molecule has 0 fully saturated rings. The Kier molecular flexibility index (Phi) is 3.41.